The van der Waals surface area contributed by atoms with Gasteiger partial charge in [0, 0.05) is 38.0 Å². The van der Waals surface area contributed by atoms with Crippen molar-refractivity contribution in [1.82, 2.24) is 14.5 Å². The van der Waals surface area contributed by atoms with E-state index in [4.69, 9.17) is 11.6 Å². The van der Waals surface area contributed by atoms with Crippen molar-refractivity contribution in [3.8, 4) is 0 Å². The first kappa shape index (κ1) is 26.4. The van der Waals surface area contributed by atoms with Gasteiger partial charge < -0.3 is 10.2 Å². The number of hydrogen-bond donors (Lipinski definition) is 1. The minimum Gasteiger partial charge on any atom is -0.357 e. The summed E-state index contributed by atoms with van der Waals surface area (Å²) in [6, 6.07) is 21.3. The topological polar surface area (TPSA) is 104 Å². The fourth-order valence-electron chi connectivity index (χ4n) is 4.32. The fourth-order valence-corrected chi connectivity index (χ4v) is 6.09. The molecular formula is C27H26ClN3O5S. The fraction of sp³-hybridized carbons (Fsp3) is 0.222. The molecule has 4 rings (SSSR count). The molecule has 0 spiro atoms. The Morgan fingerprint density at radius 1 is 0.973 bits per heavy atom. The van der Waals surface area contributed by atoms with Crippen molar-refractivity contribution in [2.24, 2.45) is 0 Å². The van der Waals surface area contributed by atoms with Crippen LogP contribution < -0.4 is 5.32 Å². The Morgan fingerprint density at radius 2 is 1.62 bits per heavy atom. The molecule has 0 aliphatic carbocycles. The SMILES string of the molecule is CNC(=O)C(Cc1ccccc1)N(Cc1ccccc1Cl)C(=O)CCN1C(=O)c2ccccc2S1(=O)=O. The molecule has 10 heteroatoms. The molecule has 1 aliphatic heterocycles. The average molecular weight is 540 g/mol. The summed E-state index contributed by atoms with van der Waals surface area (Å²) in [6.45, 7) is -0.316. The molecule has 1 heterocycles. The normalized spacial score (nSPS) is 14.6. The molecule has 1 aliphatic rings. The van der Waals surface area contributed by atoms with Crippen molar-refractivity contribution in [3.05, 3.63) is 101 Å². The summed E-state index contributed by atoms with van der Waals surface area (Å²) >= 11 is 6.37. The highest BCUT2D eigenvalue weighted by molar-refractivity contribution is 7.90. The Labute approximate surface area is 220 Å². The zero-order valence-corrected chi connectivity index (χ0v) is 21.7. The molecule has 8 nitrogen and oxygen atoms in total. The zero-order chi connectivity index (χ0) is 26.6. The first-order valence-corrected chi connectivity index (χ1v) is 13.5. The van der Waals surface area contributed by atoms with E-state index in [-0.39, 0.29) is 42.3 Å². The third-order valence-electron chi connectivity index (χ3n) is 6.26. The van der Waals surface area contributed by atoms with Crippen molar-refractivity contribution in [1.29, 1.82) is 0 Å². The lowest BCUT2D eigenvalue weighted by atomic mass is 10.0. The first-order valence-electron chi connectivity index (χ1n) is 11.7. The Bertz CT molecular complexity index is 1430. The minimum absolute atomic E-state index is 0.0321. The smallest absolute Gasteiger partial charge is 0.269 e. The highest BCUT2D eigenvalue weighted by atomic mass is 35.5. The van der Waals surface area contributed by atoms with Crippen LogP contribution in [0.2, 0.25) is 5.02 Å². The van der Waals surface area contributed by atoms with E-state index in [2.05, 4.69) is 5.32 Å². The monoisotopic (exact) mass is 539 g/mol. The van der Waals surface area contributed by atoms with Crippen molar-refractivity contribution < 1.29 is 22.8 Å². The van der Waals surface area contributed by atoms with E-state index in [1.54, 1.807) is 36.4 Å². The lowest BCUT2D eigenvalue weighted by molar-refractivity contribution is -0.141. The van der Waals surface area contributed by atoms with Crippen molar-refractivity contribution in [2.75, 3.05) is 13.6 Å². The van der Waals surface area contributed by atoms with Gasteiger partial charge in [0.2, 0.25) is 11.8 Å². The molecule has 0 saturated carbocycles. The predicted octanol–water partition coefficient (Wildman–Crippen LogP) is 3.26. The molecule has 0 aromatic heterocycles. The minimum atomic E-state index is -4.06. The predicted molar refractivity (Wildman–Crippen MR) is 139 cm³/mol. The Morgan fingerprint density at radius 3 is 2.30 bits per heavy atom. The van der Waals surface area contributed by atoms with E-state index in [0.29, 0.717) is 10.6 Å². The van der Waals surface area contributed by atoms with Gasteiger partial charge in [-0.2, -0.15) is 0 Å². The number of hydrogen-bond acceptors (Lipinski definition) is 5. The van der Waals surface area contributed by atoms with E-state index >= 15 is 0 Å². The molecule has 1 unspecified atom stereocenters. The number of carbonyl (C=O) groups is 3. The van der Waals surface area contributed by atoms with Crippen LogP contribution in [-0.2, 0) is 32.6 Å². The van der Waals surface area contributed by atoms with Gasteiger partial charge in [0.15, 0.2) is 0 Å². The third-order valence-corrected chi connectivity index (χ3v) is 8.47. The molecule has 0 radical (unpaired) electrons. The molecule has 3 aromatic carbocycles. The number of sulfonamides is 1. The Balaban J connectivity index is 1.62. The number of nitrogens with zero attached hydrogens (tertiary/aromatic N) is 2. The lowest BCUT2D eigenvalue weighted by Gasteiger charge is -2.32. The molecule has 0 saturated heterocycles. The van der Waals surface area contributed by atoms with Crippen molar-refractivity contribution >= 4 is 39.3 Å². The first-order chi connectivity index (χ1) is 17.7. The van der Waals surface area contributed by atoms with Gasteiger partial charge in [0.25, 0.3) is 15.9 Å². The number of amides is 3. The summed E-state index contributed by atoms with van der Waals surface area (Å²) in [6.07, 6.45) is -0.0607. The number of nitrogens with one attached hydrogen (secondary N) is 1. The molecule has 37 heavy (non-hydrogen) atoms. The van der Waals surface area contributed by atoms with Crippen molar-refractivity contribution in [2.45, 2.75) is 30.3 Å². The van der Waals surface area contributed by atoms with E-state index in [9.17, 15) is 22.8 Å². The summed E-state index contributed by atoms with van der Waals surface area (Å²) in [4.78, 5) is 40.8. The zero-order valence-electron chi connectivity index (χ0n) is 20.1. The largest absolute Gasteiger partial charge is 0.357 e. The second kappa shape index (κ2) is 11.1. The van der Waals surface area contributed by atoms with Crippen LogP contribution in [0.5, 0.6) is 0 Å². The maximum absolute atomic E-state index is 13.6. The van der Waals surface area contributed by atoms with Crippen LogP contribution in [0.3, 0.4) is 0 Å². The molecule has 1 N–H and O–H groups in total. The summed E-state index contributed by atoms with van der Waals surface area (Å²) in [5.41, 5.74) is 1.56. The summed E-state index contributed by atoms with van der Waals surface area (Å²) < 4.78 is 26.6. The van der Waals surface area contributed by atoms with Crippen LogP contribution >= 0.6 is 11.6 Å². The van der Waals surface area contributed by atoms with Gasteiger partial charge in [-0.25, -0.2) is 12.7 Å². The molecular weight excluding hydrogens is 514 g/mol. The van der Waals surface area contributed by atoms with Crippen LogP contribution in [0, 0.1) is 0 Å². The average Bonchev–Trinajstić information content (AvgIpc) is 3.10. The Kier molecular flexibility index (Phi) is 7.94. The molecule has 3 aromatic rings. The van der Waals surface area contributed by atoms with E-state index in [1.807, 2.05) is 30.3 Å². The second-order valence-electron chi connectivity index (χ2n) is 8.56. The van der Waals surface area contributed by atoms with Crippen LogP contribution in [0.15, 0.2) is 83.8 Å². The standard InChI is InChI=1S/C27H26ClN3O5S/c1-29-26(33)23(17-19-9-3-2-4-10-19)30(18-20-11-5-7-13-22(20)28)25(32)15-16-31-27(34)21-12-6-8-14-24(21)37(31,35)36/h2-14,23H,15-18H2,1H3,(H,29,33). The van der Waals surface area contributed by atoms with E-state index in [0.717, 1.165) is 9.87 Å². The number of fused-ring (bicyclic) bond motifs is 1. The second-order valence-corrected chi connectivity index (χ2v) is 10.8. The van der Waals surface area contributed by atoms with E-state index < -0.39 is 27.9 Å². The number of rotatable bonds is 9. The number of likely N-dealkylation sites (N-methyl/N-ethyl adjacent to an activating group) is 1. The summed E-state index contributed by atoms with van der Waals surface area (Å²) in [7, 11) is -2.57. The highest BCUT2D eigenvalue weighted by Gasteiger charge is 2.41. The van der Waals surface area contributed by atoms with Crippen LogP contribution in [0.4, 0.5) is 0 Å². The Hall–Kier alpha value is -3.69. The van der Waals surface area contributed by atoms with Gasteiger partial charge in [0.05, 0.1) is 5.56 Å². The molecule has 0 fully saturated rings. The van der Waals surface area contributed by atoms with Gasteiger partial charge in [-0.05, 0) is 29.3 Å². The molecule has 1 atom stereocenters. The van der Waals surface area contributed by atoms with E-state index in [1.165, 1.54) is 24.1 Å². The maximum Gasteiger partial charge on any atom is 0.269 e. The van der Waals surface area contributed by atoms with Gasteiger partial charge >= 0.3 is 0 Å². The quantitative estimate of drug-likeness (QED) is 0.449. The highest BCUT2D eigenvalue weighted by Crippen LogP contribution is 2.30. The molecule has 0 bridgehead atoms. The van der Waals surface area contributed by atoms with Crippen LogP contribution in [0.25, 0.3) is 0 Å². The molecule has 3 amide bonds. The van der Waals surface area contributed by atoms with Gasteiger partial charge in [0.1, 0.15) is 10.9 Å². The van der Waals surface area contributed by atoms with Gasteiger partial charge in [-0.3, -0.25) is 14.4 Å². The van der Waals surface area contributed by atoms with Crippen LogP contribution in [-0.4, -0.2) is 55.0 Å². The molecule has 192 valence electrons. The third kappa shape index (κ3) is 5.52. The summed E-state index contributed by atoms with van der Waals surface area (Å²) in [5, 5.41) is 3.06. The van der Waals surface area contributed by atoms with Gasteiger partial charge in [-0.1, -0.05) is 72.3 Å². The van der Waals surface area contributed by atoms with Crippen molar-refractivity contribution in [3.63, 3.8) is 0 Å². The maximum atomic E-state index is 13.6. The van der Waals surface area contributed by atoms with Crippen LogP contribution in [0.1, 0.15) is 27.9 Å². The summed E-state index contributed by atoms with van der Waals surface area (Å²) in [5.74, 6) is -1.53. The number of benzene rings is 3. The lowest BCUT2D eigenvalue weighted by Crippen LogP contribution is -2.50. The number of halogens is 1. The number of carbonyl (C=O) groups excluding carboxylic acids is 3. The van der Waals surface area contributed by atoms with Gasteiger partial charge in [-0.15, -0.1) is 0 Å².